The van der Waals surface area contributed by atoms with E-state index < -0.39 is 17.5 Å². The number of ether oxygens (including phenoxy) is 1. The van der Waals surface area contributed by atoms with Gasteiger partial charge in [-0.15, -0.1) is 0 Å². The highest BCUT2D eigenvalue weighted by molar-refractivity contribution is 6.29. The Hall–Kier alpha value is -1.66. The van der Waals surface area contributed by atoms with Crippen LogP contribution in [0.3, 0.4) is 0 Å². The zero-order valence-corrected chi connectivity index (χ0v) is 10.5. The summed E-state index contributed by atoms with van der Waals surface area (Å²) in [6.07, 6.45) is 0. The Balaban J connectivity index is 2.55. The molecular weight excluding hydrogens is 281 g/mol. The van der Waals surface area contributed by atoms with Gasteiger partial charge in [-0.2, -0.15) is 0 Å². The van der Waals surface area contributed by atoms with Crippen molar-refractivity contribution < 1.29 is 17.9 Å². The topological polar surface area (TPSA) is 35.0 Å². The molecular formula is C12H8ClF3N2O. The van der Waals surface area contributed by atoms with E-state index in [4.69, 9.17) is 16.3 Å². The molecule has 0 saturated carbocycles. The molecule has 0 aliphatic carbocycles. The van der Waals surface area contributed by atoms with Gasteiger partial charge in [0.2, 0.25) is 0 Å². The molecule has 1 aromatic carbocycles. The summed E-state index contributed by atoms with van der Waals surface area (Å²) in [5.41, 5.74) is -0.135. The molecule has 0 aliphatic heterocycles. The number of rotatable bonds is 3. The van der Waals surface area contributed by atoms with Crippen molar-refractivity contribution in [2.75, 3.05) is 7.11 Å². The molecule has 0 N–H and O–H groups in total. The average molecular weight is 289 g/mol. The fourth-order valence-corrected chi connectivity index (χ4v) is 1.72. The second kappa shape index (κ2) is 5.54. The van der Waals surface area contributed by atoms with Crippen LogP contribution in [0.5, 0.6) is 0 Å². The minimum absolute atomic E-state index is 0.0567. The number of hydrogen-bond acceptors (Lipinski definition) is 3. The fraction of sp³-hybridized carbons (Fsp3) is 0.167. The number of benzene rings is 1. The first-order valence-corrected chi connectivity index (χ1v) is 5.56. The summed E-state index contributed by atoms with van der Waals surface area (Å²) in [5.74, 6) is -3.15. The van der Waals surface area contributed by atoms with Gasteiger partial charge in [-0.05, 0) is 6.07 Å². The maximum absolute atomic E-state index is 13.6. The third kappa shape index (κ3) is 3.02. The molecule has 0 bridgehead atoms. The van der Waals surface area contributed by atoms with Crippen LogP contribution in [0.25, 0.3) is 11.3 Å². The normalized spacial score (nSPS) is 10.8. The van der Waals surface area contributed by atoms with Gasteiger partial charge in [0.1, 0.15) is 17.6 Å². The van der Waals surface area contributed by atoms with Crippen LogP contribution in [0.2, 0.25) is 5.15 Å². The van der Waals surface area contributed by atoms with Crippen molar-refractivity contribution in [2.45, 2.75) is 6.61 Å². The van der Waals surface area contributed by atoms with Crippen LogP contribution in [0.1, 0.15) is 5.82 Å². The lowest BCUT2D eigenvalue weighted by atomic mass is 10.1. The van der Waals surface area contributed by atoms with Crippen molar-refractivity contribution in [1.82, 2.24) is 9.97 Å². The summed E-state index contributed by atoms with van der Waals surface area (Å²) in [7, 11) is 1.43. The van der Waals surface area contributed by atoms with Crippen LogP contribution in [-0.4, -0.2) is 17.1 Å². The molecule has 19 heavy (non-hydrogen) atoms. The molecule has 0 unspecified atom stereocenters. The van der Waals surface area contributed by atoms with E-state index in [1.807, 2.05) is 0 Å². The molecule has 0 radical (unpaired) electrons. The summed E-state index contributed by atoms with van der Waals surface area (Å²) in [4.78, 5) is 7.83. The maximum Gasteiger partial charge on any atom is 0.161 e. The second-order valence-corrected chi connectivity index (χ2v) is 4.06. The lowest BCUT2D eigenvalue weighted by Gasteiger charge is -2.06. The van der Waals surface area contributed by atoms with Gasteiger partial charge in [-0.1, -0.05) is 11.6 Å². The SMILES string of the molecule is COCc1nc(Cl)cc(-c2cc(F)c(F)cc2F)n1. The summed E-state index contributed by atoms with van der Waals surface area (Å²) >= 11 is 5.76. The molecule has 0 fully saturated rings. The number of hydrogen-bond donors (Lipinski definition) is 0. The first kappa shape index (κ1) is 13.8. The Morgan fingerprint density at radius 1 is 1.05 bits per heavy atom. The monoisotopic (exact) mass is 288 g/mol. The van der Waals surface area contributed by atoms with Gasteiger partial charge in [0, 0.05) is 24.8 Å². The van der Waals surface area contributed by atoms with Crippen molar-refractivity contribution in [3.63, 3.8) is 0 Å². The lowest BCUT2D eigenvalue weighted by molar-refractivity contribution is 0.178. The van der Waals surface area contributed by atoms with Crippen LogP contribution in [-0.2, 0) is 11.3 Å². The van der Waals surface area contributed by atoms with E-state index in [2.05, 4.69) is 9.97 Å². The smallest absolute Gasteiger partial charge is 0.161 e. The van der Waals surface area contributed by atoms with Gasteiger partial charge in [-0.25, -0.2) is 23.1 Å². The van der Waals surface area contributed by atoms with Crippen LogP contribution in [0, 0.1) is 17.5 Å². The summed E-state index contributed by atoms with van der Waals surface area (Å²) in [6.45, 7) is 0.0683. The van der Waals surface area contributed by atoms with Gasteiger partial charge < -0.3 is 4.74 Å². The highest BCUT2D eigenvalue weighted by Crippen LogP contribution is 2.25. The lowest BCUT2D eigenvalue weighted by Crippen LogP contribution is -2.00. The third-order valence-corrected chi connectivity index (χ3v) is 2.49. The van der Waals surface area contributed by atoms with Crippen molar-refractivity contribution in [3.05, 3.63) is 46.6 Å². The zero-order chi connectivity index (χ0) is 14.0. The summed E-state index contributed by atoms with van der Waals surface area (Å²) < 4.78 is 44.5. The maximum atomic E-state index is 13.6. The van der Waals surface area contributed by atoms with Crippen LogP contribution in [0.15, 0.2) is 18.2 Å². The first-order valence-electron chi connectivity index (χ1n) is 5.18. The quantitative estimate of drug-likeness (QED) is 0.642. The fourth-order valence-electron chi connectivity index (χ4n) is 1.52. The van der Waals surface area contributed by atoms with E-state index in [0.29, 0.717) is 6.07 Å². The molecule has 100 valence electrons. The summed E-state index contributed by atoms with van der Waals surface area (Å²) in [6, 6.07) is 2.44. The number of aromatic nitrogens is 2. The Morgan fingerprint density at radius 3 is 2.42 bits per heavy atom. The van der Waals surface area contributed by atoms with Gasteiger partial charge in [0.05, 0.1) is 5.69 Å². The number of halogens is 4. The van der Waals surface area contributed by atoms with E-state index >= 15 is 0 Å². The molecule has 0 spiro atoms. The van der Waals surface area contributed by atoms with E-state index in [1.54, 1.807) is 0 Å². The Labute approximate surface area is 112 Å². The molecule has 0 atom stereocenters. The predicted molar refractivity (Wildman–Crippen MR) is 63.1 cm³/mol. The van der Waals surface area contributed by atoms with Crippen molar-refractivity contribution >= 4 is 11.6 Å². The van der Waals surface area contributed by atoms with Gasteiger partial charge in [-0.3, -0.25) is 0 Å². The number of methoxy groups -OCH3 is 1. The molecule has 0 amide bonds. The summed E-state index contributed by atoms with van der Waals surface area (Å²) in [5, 5.41) is 0.0567. The Bertz CT molecular complexity index is 622. The zero-order valence-electron chi connectivity index (χ0n) is 9.75. The molecule has 3 nitrogen and oxygen atoms in total. The van der Waals surface area contributed by atoms with Crippen molar-refractivity contribution in [2.24, 2.45) is 0 Å². The van der Waals surface area contributed by atoms with Gasteiger partial charge in [0.25, 0.3) is 0 Å². The van der Waals surface area contributed by atoms with E-state index in [9.17, 15) is 13.2 Å². The minimum atomic E-state index is -1.27. The molecule has 2 aromatic rings. The second-order valence-electron chi connectivity index (χ2n) is 3.67. The van der Waals surface area contributed by atoms with Crippen molar-refractivity contribution in [1.29, 1.82) is 0 Å². The highest BCUT2D eigenvalue weighted by atomic mass is 35.5. The Morgan fingerprint density at radius 2 is 1.74 bits per heavy atom. The van der Waals surface area contributed by atoms with Crippen LogP contribution >= 0.6 is 11.6 Å². The number of nitrogens with zero attached hydrogens (tertiary/aromatic N) is 2. The third-order valence-electron chi connectivity index (χ3n) is 2.30. The molecule has 0 saturated heterocycles. The van der Waals surface area contributed by atoms with E-state index in [1.165, 1.54) is 13.2 Å². The van der Waals surface area contributed by atoms with Gasteiger partial charge >= 0.3 is 0 Å². The van der Waals surface area contributed by atoms with Gasteiger partial charge in [0.15, 0.2) is 17.5 Å². The molecule has 0 aliphatic rings. The van der Waals surface area contributed by atoms with E-state index in [-0.39, 0.29) is 28.8 Å². The standard InChI is InChI=1S/C12H8ClF3N2O/c1-19-5-12-17-10(4-11(13)18-12)6-2-8(15)9(16)3-7(6)14/h2-4H,5H2,1H3. The largest absolute Gasteiger partial charge is 0.377 e. The molecule has 7 heteroatoms. The molecule has 1 aromatic heterocycles. The van der Waals surface area contributed by atoms with Crippen LogP contribution in [0.4, 0.5) is 13.2 Å². The molecule has 1 heterocycles. The Kier molecular flexibility index (Phi) is 4.01. The average Bonchev–Trinajstić information content (AvgIpc) is 2.33. The first-order chi connectivity index (χ1) is 9.01. The van der Waals surface area contributed by atoms with Crippen LogP contribution < -0.4 is 0 Å². The predicted octanol–water partition coefficient (Wildman–Crippen LogP) is 3.36. The highest BCUT2D eigenvalue weighted by Gasteiger charge is 2.14. The molecule has 2 rings (SSSR count). The van der Waals surface area contributed by atoms with Crippen molar-refractivity contribution in [3.8, 4) is 11.3 Å². The minimum Gasteiger partial charge on any atom is -0.377 e. The van der Waals surface area contributed by atoms with E-state index in [0.717, 1.165) is 6.07 Å².